The molecule has 0 fully saturated rings. The molecule has 8 rings (SSSR count). The second kappa shape index (κ2) is 18.8. The quantitative estimate of drug-likeness (QED) is 0.0885. The molecule has 0 N–H and O–H groups in total. The van der Waals surface area contributed by atoms with Gasteiger partial charge in [-0.2, -0.15) is 0 Å². The zero-order valence-corrected chi connectivity index (χ0v) is 40.4. The summed E-state index contributed by atoms with van der Waals surface area (Å²) in [7, 11) is 0. The third-order valence-electron chi connectivity index (χ3n) is 10.4. The van der Waals surface area contributed by atoms with E-state index in [-0.39, 0.29) is 0 Å². The third kappa shape index (κ3) is 8.17. The van der Waals surface area contributed by atoms with Crippen LogP contribution in [0, 0.1) is 0 Å². The Balaban J connectivity index is 1.73. The van der Waals surface area contributed by atoms with Crippen LogP contribution in [0.5, 0.6) is 0 Å². The summed E-state index contributed by atoms with van der Waals surface area (Å²) in [6, 6.07) is 75.1. The van der Waals surface area contributed by atoms with Crippen LogP contribution in [0.3, 0.4) is 0 Å². The Hall–Kier alpha value is -3.19. The van der Waals surface area contributed by atoms with Crippen LogP contribution in [-0.4, -0.2) is 6.59 Å². The van der Waals surface area contributed by atoms with Crippen LogP contribution in [-0.2, 0) is 65.5 Å². The molecule has 288 valence electrons. The van der Waals surface area contributed by atoms with Crippen molar-refractivity contribution in [3.8, 4) is 0 Å². The van der Waals surface area contributed by atoms with Crippen molar-refractivity contribution in [1.29, 1.82) is 0 Å². The molecule has 0 aromatic heterocycles. The van der Waals surface area contributed by atoms with Crippen molar-refractivity contribution in [3.63, 3.8) is 0 Å². The van der Waals surface area contributed by atoms with Gasteiger partial charge in [0.05, 0.1) is 0 Å². The minimum atomic E-state index is -2.87. The molecule has 0 bridgehead atoms. The first-order valence-corrected chi connectivity index (χ1v) is 32.0. The Labute approximate surface area is 377 Å². The van der Waals surface area contributed by atoms with Crippen molar-refractivity contribution >= 4 is 120 Å². The van der Waals surface area contributed by atoms with Gasteiger partial charge in [0.2, 0.25) is 0 Å². The number of hydrogen-bond donors (Lipinski definition) is 0. The molecule has 0 spiro atoms. The molecular weight excluding hydrogens is 901 g/mol. The van der Waals surface area contributed by atoms with Gasteiger partial charge in [-0.1, -0.05) is 0 Å². The van der Waals surface area contributed by atoms with Gasteiger partial charge in [-0.05, 0) is 0 Å². The molecule has 8 aromatic carbocycles. The van der Waals surface area contributed by atoms with Gasteiger partial charge >= 0.3 is 381 Å². The fourth-order valence-electron chi connectivity index (χ4n) is 7.49. The molecule has 0 saturated heterocycles. The van der Waals surface area contributed by atoms with Gasteiger partial charge in [-0.15, -0.1) is 0 Å². The first-order chi connectivity index (χ1) is 28.8. The molecule has 0 aliphatic carbocycles. The van der Waals surface area contributed by atoms with Crippen LogP contribution in [0.1, 0.15) is 0 Å². The summed E-state index contributed by atoms with van der Waals surface area (Å²) in [5.41, 5.74) is 0. The standard InChI is InChI=1S/2C25H20P2S2.Ti/c2*28-26(22-13-5-1-6-14-22,23-15-7-2-8-16-23)21-27(29,24-17-9-3-10-18-24)25-19-11-4-12-20-25;/h2*1-20H;. The summed E-state index contributed by atoms with van der Waals surface area (Å²) in [5, 5.41) is 9.12. The average Bonchev–Trinajstić information content (AvgIpc) is 3.33. The zero-order valence-electron chi connectivity index (χ0n) is 32.0. The molecule has 0 unspecified atom stereocenters. The van der Waals surface area contributed by atoms with Gasteiger partial charge in [-0.3, -0.25) is 0 Å². The maximum absolute atomic E-state index is 7.55. The molecule has 9 heteroatoms. The van der Waals surface area contributed by atoms with E-state index in [0.29, 0.717) is 0 Å². The van der Waals surface area contributed by atoms with Gasteiger partial charge < -0.3 is 0 Å². The van der Waals surface area contributed by atoms with Crippen molar-refractivity contribution in [2.24, 2.45) is 0 Å². The van der Waals surface area contributed by atoms with E-state index >= 15 is 0 Å². The number of rotatable bonds is 12. The normalized spacial score (nSPS) is 11.9. The van der Waals surface area contributed by atoms with Gasteiger partial charge in [-0.25, -0.2) is 0 Å². The molecule has 0 aliphatic heterocycles. The Morgan fingerprint density at radius 3 is 0.458 bits per heavy atom. The zero-order chi connectivity index (χ0) is 40.8. The molecule has 8 aromatic rings. The van der Waals surface area contributed by atoms with E-state index in [2.05, 4.69) is 243 Å². The summed E-state index contributed by atoms with van der Waals surface area (Å²) in [5.74, 6) is 0. The first kappa shape index (κ1) is 42.5. The van der Waals surface area contributed by atoms with E-state index in [1.165, 1.54) is 6.59 Å². The Kier molecular flexibility index (Phi) is 13.6. The van der Waals surface area contributed by atoms with Crippen LogP contribution in [0.4, 0.5) is 0 Å². The van der Waals surface area contributed by atoms with Gasteiger partial charge in [0.15, 0.2) is 0 Å². The van der Waals surface area contributed by atoms with Crippen LogP contribution in [0.15, 0.2) is 243 Å². The van der Waals surface area contributed by atoms with E-state index in [9.17, 15) is 0 Å². The van der Waals surface area contributed by atoms with Crippen LogP contribution >= 0.6 is 24.2 Å². The summed E-state index contributed by atoms with van der Waals surface area (Å²) < 4.78 is 2.61. The molecule has 0 nitrogen and oxygen atoms in total. The third-order valence-corrected chi connectivity index (χ3v) is 45.3. The fourth-order valence-corrected chi connectivity index (χ4v) is 43.9. The molecule has 0 aliphatic rings. The van der Waals surface area contributed by atoms with Crippen molar-refractivity contribution in [2.75, 3.05) is 0 Å². The summed E-state index contributed by atoms with van der Waals surface area (Å²) in [6.45, 7) is 0. The van der Waals surface area contributed by atoms with Gasteiger partial charge in [0, 0.05) is 0 Å². The van der Waals surface area contributed by atoms with Crippen LogP contribution in [0.2, 0.25) is 0 Å². The molecule has 0 amide bonds. The molecule has 0 atom stereocenters. The van der Waals surface area contributed by atoms with Crippen molar-refractivity contribution in [2.45, 2.75) is 0 Å². The monoisotopic (exact) mass is 940 g/mol. The summed E-state index contributed by atoms with van der Waals surface area (Å²) >= 11 is 28.7. The van der Waals surface area contributed by atoms with E-state index in [1.807, 2.05) is 0 Å². The Bertz CT molecular complexity index is 2370. The number of benzene rings is 8. The van der Waals surface area contributed by atoms with Crippen LogP contribution < -0.4 is 42.4 Å². The summed E-state index contributed by atoms with van der Waals surface area (Å²) in [4.78, 5) is 0. The molecule has 0 radical (unpaired) electrons. The first-order valence-electron chi connectivity index (χ1n) is 19.2. The van der Waals surface area contributed by atoms with Crippen LogP contribution in [0.25, 0.3) is 0 Å². The maximum atomic E-state index is 7.55. The van der Waals surface area contributed by atoms with E-state index in [1.54, 1.807) is 0 Å². The minimum absolute atomic E-state index is 1.14. The SMILES string of the molecule is S=P([C](=[Ti]=[C](P(=S)(c1ccccc1)c1ccccc1)P(=S)(c1ccccc1)c1ccccc1)P(=S)(c1ccccc1)c1ccccc1)(c1ccccc1)c1ccccc1. The summed E-state index contributed by atoms with van der Waals surface area (Å²) in [6.07, 6.45) is 0. The Morgan fingerprint density at radius 2 is 0.339 bits per heavy atom. The van der Waals surface area contributed by atoms with Crippen molar-refractivity contribution < 1.29 is 18.2 Å². The average molecular weight is 941 g/mol. The molecule has 59 heavy (non-hydrogen) atoms. The van der Waals surface area contributed by atoms with Gasteiger partial charge in [0.1, 0.15) is 0 Å². The molecular formula is C50H40P4S4Ti. The van der Waals surface area contributed by atoms with Gasteiger partial charge in [0.25, 0.3) is 0 Å². The topological polar surface area (TPSA) is 0 Å². The second-order valence-electron chi connectivity index (χ2n) is 13.9. The molecule has 0 heterocycles. The van der Waals surface area contributed by atoms with E-state index < -0.39 is 42.4 Å². The Morgan fingerprint density at radius 1 is 0.220 bits per heavy atom. The van der Waals surface area contributed by atoms with Crippen molar-refractivity contribution in [1.82, 2.24) is 0 Å². The van der Waals surface area contributed by atoms with Crippen molar-refractivity contribution in [3.05, 3.63) is 243 Å². The predicted octanol–water partition coefficient (Wildman–Crippen LogP) is 9.77. The number of hydrogen-bond acceptors (Lipinski definition) is 4. The van der Waals surface area contributed by atoms with E-state index in [0.717, 1.165) is 42.4 Å². The van der Waals surface area contributed by atoms with E-state index in [4.69, 9.17) is 47.2 Å². The fraction of sp³-hybridized carbons (Fsp3) is 0. The molecule has 0 saturated carbocycles. The predicted molar refractivity (Wildman–Crippen MR) is 276 cm³/mol. The second-order valence-corrected chi connectivity index (χ2v) is 36.5.